The maximum atomic E-state index is 13.7. The highest BCUT2D eigenvalue weighted by atomic mass is 32.2. The van der Waals surface area contributed by atoms with Crippen LogP contribution in [0.3, 0.4) is 0 Å². The number of thiophene rings is 1. The van der Waals surface area contributed by atoms with Crippen LogP contribution < -0.4 is 10.9 Å². The number of carbonyl (C=O) groups excluding carboxylic acids is 1. The molecule has 0 atom stereocenters. The van der Waals surface area contributed by atoms with Crippen LogP contribution in [0.25, 0.3) is 15.9 Å². The van der Waals surface area contributed by atoms with Crippen molar-refractivity contribution in [2.24, 2.45) is 0 Å². The van der Waals surface area contributed by atoms with Crippen LogP contribution in [0.2, 0.25) is 0 Å². The van der Waals surface area contributed by atoms with E-state index < -0.39 is 5.54 Å². The predicted octanol–water partition coefficient (Wildman–Crippen LogP) is 4.98. The van der Waals surface area contributed by atoms with Crippen molar-refractivity contribution in [3.8, 4) is 11.8 Å². The number of aryl methyl sites for hydroxylation is 4. The summed E-state index contributed by atoms with van der Waals surface area (Å²) in [6.07, 6.45) is 4.03. The average Bonchev–Trinajstić information content (AvgIpc) is 3.38. The Kier molecular flexibility index (Phi) is 6.64. The molecule has 1 amide bonds. The zero-order chi connectivity index (χ0) is 23.8. The van der Waals surface area contributed by atoms with Crippen LogP contribution in [-0.2, 0) is 11.2 Å². The van der Waals surface area contributed by atoms with Crippen LogP contribution in [-0.4, -0.2) is 26.8 Å². The number of benzene rings is 1. The van der Waals surface area contributed by atoms with Crippen LogP contribution in [0.4, 0.5) is 0 Å². The minimum absolute atomic E-state index is 0.0945. The Bertz CT molecular complexity index is 1330. The van der Waals surface area contributed by atoms with Crippen molar-refractivity contribution in [3.05, 3.63) is 50.1 Å². The highest BCUT2D eigenvalue weighted by Crippen LogP contribution is 2.32. The molecule has 0 aliphatic heterocycles. The molecule has 4 rings (SSSR count). The van der Waals surface area contributed by atoms with Crippen LogP contribution in [0.1, 0.15) is 54.2 Å². The van der Waals surface area contributed by atoms with Gasteiger partial charge >= 0.3 is 0 Å². The highest BCUT2D eigenvalue weighted by Gasteiger charge is 2.35. The lowest BCUT2D eigenvalue weighted by molar-refractivity contribution is -0.119. The van der Waals surface area contributed by atoms with Crippen LogP contribution >= 0.6 is 23.1 Å². The summed E-state index contributed by atoms with van der Waals surface area (Å²) in [7, 11) is 0. The molecule has 172 valence electrons. The molecule has 0 radical (unpaired) electrons. The van der Waals surface area contributed by atoms with E-state index in [0.717, 1.165) is 46.5 Å². The van der Waals surface area contributed by atoms with Gasteiger partial charge in [0.05, 0.1) is 22.9 Å². The number of amides is 1. The van der Waals surface area contributed by atoms with Gasteiger partial charge in [-0.05, 0) is 81.7 Å². The van der Waals surface area contributed by atoms with E-state index in [-0.39, 0.29) is 17.2 Å². The monoisotopic (exact) mass is 480 g/mol. The van der Waals surface area contributed by atoms with Gasteiger partial charge in [0.25, 0.3) is 5.56 Å². The molecule has 1 aliphatic rings. The Labute approximate surface area is 202 Å². The minimum atomic E-state index is -0.760. The number of aromatic nitrogens is 2. The van der Waals surface area contributed by atoms with Gasteiger partial charge in [0, 0.05) is 4.88 Å². The maximum absolute atomic E-state index is 13.7. The van der Waals surface area contributed by atoms with E-state index in [9.17, 15) is 14.9 Å². The quantitative estimate of drug-likeness (QED) is 0.397. The SMILES string of the molecule is CCc1c(C)sc2nc(SCC(=O)NC3(C#N)CCCC3)n(-c3ccc(C)c(C)c3)c(=O)c12. The summed E-state index contributed by atoms with van der Waals surface area (Å²) < 4.78 is 1.63. The summed E-state index contributed by atoms with van der Waals surface area (Å²) in [6.45, 7) is 8.13. The van der Waals surface area contributed by atoms with Crippen molar-refractivity contribution in [2.45, 2.75) is 70.5 Å². The van der Waals surface area contributed by atoms with Gasteiger partial charge in [-0.15, -0.1) is 11.3 Å². The first kappa shape index (κ1) is 23.5. The molecular formula is C25H28N4O2S2. The van der Waals surface area contributed by atoms with Crippen LogP contribution in [0.15, 0.2) is 28.2 Å². The van der Waals surface area contributed by atoms with Gasteiger partial charge < -0.3 is 5.32 Å². The van der Waals surface area contributed by atoms with Gasteiger partial charge in [-0.25, -0.2) is 4.98 Å². The summed E-state index contributed by atoms with van der Waals surface area (Å²) in [5.41, 5.74) is 3.16. The van der Waals surface area contributed by atoms with Crippen LogP contribution in [0, 0.1) is 32.1 Å². The second kappa shape index (κ2) is 9.32. The molecule has 1 saturated carbocycles. The molecule has 8 heteroatoms. The zero-order valence-corrected chi connectivity index (χ0v) is 21.1. The Balaban J connectivity index is 1.75. The third-order valence-corrected chi connectivity index (χ3v) is 8.46. The number of nitrogens with one attached hydrogen (secondary N) is 1. The van der Waals surface area contributed by atoms with Gasteiger partial charge in [0.1, 0.15) is 10.4 Å². The number of carbonyl (C=O) groups is 1. The second-order valence-corrected chi connectivity index (χ2v) is 10.9. The zero-order valence-electron chi connectivity index (χ0n) is 19.4. The van der Waals surface area contributed by atoms with Crippen molar-refractivity contribution >= 4 is 39.2 Å². The van der Waals surface area contributed by atoms with E-state index in [4.69, 9.17) is 4.98 Å². The molecule has 0 spiro atoms. The Hall–Kier alpha value is -2.63. The summed E-state index contributed by atoms with van der Waals surface area (Å²) in [4.78, 5) is 33.1. The molecule has 1 aromatic carbocycles. The van der Waals surface area contributed by atoms with E-state index in [0.29, 0.717) is 28.2 Å². The second-order valence-electron chi connectivity index (χ2n) is 8.71. The predicted molar refractivity (Wildman–Crippen MR) is 134 cm³/mol. The number of nitrogens with zero attached hydrogens (tertiary/aromatic N) is 3. The third kappa shape index (κ3) is 4.44. The summed E-state index contributed by atoms with van der Waals surface area (Å²) in [5, 5.41) is 13.7. The first-order chi connectivity index (χ1) is 15.8. The molecular weight excluding hydrogens is 452 g/mol. The first-order valence-corrected chi connectivity index (χ1v) is 13.1. The van der Waals surface area contributed by atoms with E-state index in [1.54, 1.807) is 4.57 Å². The Morgan fingerprint density at radius 1 is 1.27 bits per heavy atom. The van der Waals surface area contributed by atoms with Crippen molar-refractivity contribution in [1.82, 2.24) is 14.9 Å². The topological polar surface area (TPSA) is 87.8 Å². The molecule has 0 bridgehead atoms. The number of fused-ring (bicyclic) bond motifs is 1. The summed E-state index contributed by atoms with van der Waals surface area (Å²) in [5.74, 6) is -0.113. The maximum Gasteiger partial charge on any atom is 0.267 e. The molecule has 3 aromatic rings. The molecule has 0 unspecified atom stereocenters. The number of thioether (sulfide) groups is 1. The minimum Gasteiger partial charge on any atom is -0.337 e. The van der Waals surface area contributed by atoms with Gasteiger partial charge in [-0.3, -0.25) is 14.2 Å². The fourth-order valence-corrected chi connectivity index (χ4v) is 6.46. The van der Waals surface area contributed by atoms with E-state index in [1.165, 1.54) is 23.1 Å². The molecule has 6 nitrogen and oxygen atoms in total. The van der Waals surface area contributed by atoms with Gasteiger partial charge in [-0.1, -0.05) is 24.8 Å². The van der Waals surface area contributed by atoms with Gasteiger partial charge in [0.2, 0.25) is 5.91 Å². The lowest BCUT2D eigenvalue weighted by atomic mass is 10.0. The smallest absolute Gasteiger partial charge is 0.267 e. The first-order valence-electron chi connectivity index (χ1n) is 11.3. The fourth-order valence-electron chi connectivity index (χ4n) is 4.49. The number of hydrogen-bond acceptors (Lipinski definition) is 6. The van der Waals surface area contributed by atoms with Crippen molar-refractivity contribution in [1.29, 1.82) is 5.26 Å². The number of hydrogen-bond donors (Lipinski definition) is 1. The standard InChI is InChI=1S/C25H28N4O2S2/c1-5-19-17(4)33-22-21(19)23(31)29(18-9-8-15(2)16(3)12-18)24(27-22)32-13-20(30)28-25(14-26)10-6-7-11-25/h8-9,12H,5-7,10-11,13H2,1-4H3,(H,28,30). The molecule has 2 heterocycles. The molecule has 1 N–H and O–H groups in total. The van der Waals surface area contributed by atoms with Gasteiger partial charge in [0.15, 0.2) is 5.16 Å². The third-order valence-electron chi connectivity index (χ3n) is 6.48. The van der Waals surface area contributed by atoms with E-state index in [1.807, 2.05) is 39.0 Å². The van der Waals surface area contributed by atoms with Crippen LogP contribution in [0.5, 0.6) is 0 Å². The lowest BCUT2D eigenvalue weighted by Gasteiger charge is -2.22. The summed E-state index contributed by atoms with van der Waals surface area (Å²) in [6, 6.07) is 8.21. The Morgan fingerprint density at radius 2 is 2.00 bits per heavy atom. The van der Waals surface area contributed by atoms with E-state index in [2.05, 4.69) is 18.3 Å². The van der Waals surface area contributed by atoms with Crippen molar-refractivity contribution in [2.75, 3.05) is 5.75 Å². The normalized spacial score (nSPS) is 15.0. The molecule has 33 heavy (non-hydrogen) atoms. The van der Waals surface area contributed by atoms with Crippen molar-refractivity contribution < 1.29 is 4.79 Å². The number of nitriles is 1. The molecule has 1 fully saturated rings. The molecule has 0 saturated heterocycles. The van der Waals surface area contributed by atoms with Gasteiger partial charge in [-0.2, -0.15) is 5.26 Å². The Morgan fingerprint density at radius 3 is 2.64 bits per heavy atom. The summed E-state index contributed by atoms with van der Waals surface area (Å²) >= 11 is 2.76. The fraction of sp³-hybridized carbons (Fsp3) is 0.440. The highest BCUT2D eigenvalue weighted by molar-refractivity contribution is 7.99. The molecule has 1 aliphatic carbocycles. The molecule has 2 aromatic heterocycles. The number of rotatable bonds is 6. The van der Waals surface area contributed by atoms with Crippen molar-refractivity contribution in [3.63, 3.8) is 0 Å². The lowest BCUT2D eigenvalue weighted by Crippen LogP contribution is -2.45. The average molecular weight is 481 g/mol. The van der Waals surface area contributed by atoms with E-state index >= 15 is 0 Å². The largest absolute Gasteiger partial charge is 0.337 e.